The van der Waals surface area contributed by atoms with Gasteiger partial charge in [-0.25, -0.2) is 4.68 Å². The summed E-state index contributed by atoms with van der Waals surface area (Å²) in [7, 11) is 1.84. The van der Waals surface area contributed by atoms with Crippen molar-refractivity contribution in [3.05, 3.63) is 11.9 Å². The molecule has 2 rings (SSSR count). The molecule has 1 aliphatic carbocycles. The van der Waals surface area contributed by atoms with Crippen molar-refractivity contribution in [1.29, 1.82) is 0 Å². The number of hydrogen-bond acceptors (Lipinski definition) is 3. The maximum Gasteiger partial charge on any atom is 0.108 e. The summed E-state index contributed by atoms with van der Waals surface area (Å²) in [6.07, 6.45) is 6.87. The monoisotopic (exact) mass is 209 g/mol. The van der Waals surface area contributed by atoms with Crippen molar-refractivity contribution < 1.29 is 5.11 Å². The van der Waals surface area contributed by atoms with Crippen LogP contribution in [0, 0.1) is 5.92 Å². The zero-order chi connectivity index (χ0) is 10.9. The Morgan fingerprint density at radius 3 is 3.07 bits per heavy atom. The normalized spacial score (nSPS) is 31.8. The van der Waals surface area contributed by atoms with E-state index in [0.29, 0.717) is 5.92 Å². The summed E-state index contributed by atoms with van der Waals surface area (Å²) in [4.78, 5) is 0. The lowest BCUT2D eigenvalue weighted by Gasteiger charge is -2.36. The highest BCUT2D eigenvalue weighted by Crippen LogP contribution is 2.40. The Hall–Kier alpha value is -0.900. The number of hydrogen-bond donors (Lipinski definition) is 1. The minimum absolute atomic E-state index is 0.638. The molecule has 1 aliphatic rings. The van der Waals surface area contributed by atoms with Crippen molar-refractivity contribution in [3.8, 4) is 0 Å². The Bertz CT molecular complexity index is 336. The molecule has 1 saturated carbocycles. The molecule has 0 radical (unpaired) electrons. The summed E-state index contributed by atoms with van der Waals surface area (Å²) >= 11 is 0. The van der Waals surface area contributed by atoms with Crippen molar-refractivity contribution in [1.82, 2.24) is 15.0 Å². The average molecular weight is 209 g/mol. The number of rotatable bonds is 2. The number of nitrogens with zero attached hydrogens (tertiary/aromatic N) is 3. The molecule has 15 heavy (non-hydrogen) atoms. The van der Waals surface area contributed by atoms with Gasteiger partial charge >= 0.3 is 0 Å². The van der Waals surface area contributed by atoms with Crippen LogP contribution in [0.5, 0.6) is 0 Å². The van der Waals surface area contributed by atoms with Crippen LogP contribution < -0.4 is 0 Å². The zero-order valence-electron chi connectivity index (χ0n) is 9.48. The molecule has 0 saturated heterocycles. The summed E-state index contributed by atoms with van der Waals surface area (Å²) in [5, 5.41) is 18.4. The van der Waals surface area contributed by atoms with Crippen LogP contribution >= 0.6 is 0 Å². The Kier molecular flexibility index (Phi) is 2.78. The third-order valence-electron chi connectivity index (χ3n) is 3.60. The van der Waals surface area contributed by atoms with E-state index in [1.165, 1.54) is 6.42 Å². The molecule has 4 nitrogen and oxygen atoms in total. The van der Waals surface area contributed by atoms with E-state index in [-0.39, 0.29) is 0 Å². The first-order chi connectivity index (χ1) is 7.15. The molecule has 0 aromatic carbocycles. The zero-order valence-corrected chi connectivity index (χ0v) is 9.48. The quantitative estimate of drug-likeness (QED) is 0.805. The molecule has 0 spiro atoms. The van der Waals surface area contributed by atoms with E-state index < -0.39 is 5.60 Å². The van der Waals surface area contributed by atoms with Gasteiger partial charge in [-0.1, -0.05) is 25.0 Å². The molecule has 1 aromatic rings. The van der Waals surface area contributed by atoms with Crippen molar-refractivity contribution in [2.24, 2.45) is 13.0 Å². The number of aryl methyl sites for hydroxylation is 1. The van der Waals surface area contributed by atoms with Gasteiger partial charge in [0, 0.05) is 7.05 Å². The smallest absolute Gasteiger partial charge is 0.108 e. The molecule has 1 heterocycles. The Morgan fingerprint density at radius 1 is 1.67 bits per heavy atom. The van der Waals surface area contributed by atoms with Crippen LogP contribution in [-0.2, 0) is 12.6 Å². The minimum Gasteiger partial charge on any atom is -0.383 e. The molecule has 4 heteroatoms. The first-order valence-corrected chi connectivity index (χ1v) is 5.73. The van der Waals surface area contributed by atoms with E-state index >= 15 is 0 Å². The van der Waals surface area contributed by atoms with Gasteiger partial charge in [0.05, 0.1) is 11.9 Å². The fourth-order valence-electron chi connectivity index (χ4n) is 2.66. The summed E-state index contributed by atoms with van der Waals surface area (Å²) in [6.45, 7) is 2.19. The first-order valence-electron chi connectivity index (χ1n) is 5.73. The van der Waals surface area contributed by atoms with E-state index in [9.17, 15) is 5.11 Å². The summed E-state index contributed by atoms with van der Waals surface area (Å²) in [5.74, 6) is 0.638. The minimum atomic E-state index is -0.697. The lowest BCUT2D eigenvalue weighted by molar-refractivity contribution is -0.0283. The predicted octanol–water partition coefficient (Wildman–Crippen LogP) is 1.60. The van der Waals surface area contributed by atoms with Gasteiger partial charge in [0.15, 0.2) is 0 Å². The van der Waals surface area contributed by atoms with Gasteiger partial charge in [-0.15, -0.1) is 5.10 Å². The maximum absolute atomic E-state index is 10.6. The first kappa shape index (κ1) is 10.6. The van der Waals surface area contributed by atoms with Gasteiger partial charge in [0.2, 0.25) is 0 Å². The molecular weight excluding hydrogens is 190 g/mol. The van der Waals surface area contributed by atoms with Crippen LogP contribution in [0.1, 0.15) is 44.7 Å². The Balaban J connectivity index is 2.22. The van der Waals surface area contributed by atoms with Crippen LogP contribution in [0.2, 0.25) is 0 Å². The van der Waals surface area contributed by atoms with Crippen LogP contribution in [-0.4, -0.2) is 20.1 Å². The highest BCUT2D eigenvalue weighted by molar-refractivity contribution is 5.09. The van der Waals surface area contributed by atoms with Crippen molar-refractivity contribution in [2.75, 3.05) is 0 Å². The van der Waals surface area contributed by atoms with E-state index in [4.69, 9.17) is 0 Å². The predicted molar refractivity (Wildman–Crippen MR) is 57.1 cm³/mol. The van der Waals surface area contributed by atoms with Crippen molar-refractivity contribution >= 4 is 0 Å². The van der Waals surface area contributed by atoms with Gasteiger partial charge in [0.1, 0.15) is 5.60 Å². The van der Waals surface area contributed by atoms with Gasteiger partial charge in [-0.2, -0.15) is 0 Å². The van der Waals surface area contributed by atoms with Crippen LogP contribution in [0.15, 0.2) is 6.20 Å². The maximum atomic E-state index is 10.6. The fourth-order valence-corrected chi connectivity index (χ4v) is 2.66. The van der Waals surface area contributed by atoms with E-state index in [0.717, 1.165) is 31.4 Å². The highest BCUT2D eigenvalue weighted by Gasteiger charge is 2.37. The van der Waals surface area contributed by atoms with Crippen molar-refractivity contribution in [3.63, 3.8) is 0 Å². The van der Waals surface area contributed by atoms with Crippen LogP contribution in [0.3, 0.4) is 0 Å². The molecule has 0 amide bonds. The van der Waals surface area contributed by atoms with Gasteiger partial charge < -0.3 is 5.11 Å². The molecule has 2 atom stereocenters. The molecule has 1 aromatic heterocycles. The molecule has 1 fully saturated rings. The standard InChI is InChI=1S/C11H19N3O/c1-3-9-5-4-6-11(15,7-9)10-8-12-13-14(10)2/h8-9,15H,3-7H2,1-2H3. The van der Waals surface area contributed by atoms with E-state index in [1.807, 2.05) is 7.05 Å². The van der Waals surface area contributed by atoms with Gasteiger partial charge in [-0.05, 0) is 25.2 Å². The molecule has 1 N–H and O–H groups in total. The molecule has 0 bridgehead atoms. The number of aliphatic hydroxyl groups is 1. The fraction of sp³-hybridized carbons (Fsp3) is 0.818. The number of aromatic nitrogens is 3. The van der Waals surface area contributed by atoms with E-state index in [1.54, 1.807) is 10.9 Å². The van der Waals surface area contributed by atoms with Gasteiger partial charge in [0.25, 0.3) is 0 Å². The second-order valence-corrected chi connectivity index (χ2v) is 4.65. The summed E-state index contributed by atoms with van der Waals surface area (Å²) < 4.78 is 1.69. The van der Waals surface area contributed by atoms with Gasteiger partial charge in [-0.3, -0.25) is 0 Å². The van der Waals surface area contributed by atoms with Crippen LogP contribution in [0.4, 0.5) is 0 Å². The Labute approximate surface area is 90.3 Å². The molecular formula is C11H19N3O. The lowest BCUT2D eigenvalue weighted by atomic mass is 9.75. The Morgan fingerprint density at radius 2 is 2.47 bits per heavy atom. The second-order valence-electron chi connectivity index (χ2n) is 4.65. The second kappa shape index (κ2) is 3.93. The SMILES string of the molecule is CCC1CCCC(O)(c2cnnn2C)C1. The summed E-state index contributed by atoms with van der Waals surface area (Å²) in [5.41, 5.74) is 0.164. The van der Waals surface area contributed by atoms with Crippen molar-refractivity contribution in [2.45, 2.75) is 44.6 Å². The van der Waals surface area contributed by atoms with E-state index in [2.05, 4.69) is 17.2 Å². The highest BCUT2D eigenvalue weighted by atomic mass is 16.3. The molecule has 0 aliphatic heterocycles. The third kappa shape index (κ3) is 1.91. The average Bonchev–Trinajstić information content (AvgIpc) is 2.65. The largest absolute Gasteiger partial charge is 0.383 e. The topological polar surface area (TPSA) is 50.9 Å². The van der Waals surface area contributed by atoms with Crippen LogP contribution in [0.25, 0.3) is 0 Å². The molecule has 84 valence electrons. The lowest BCUT2D eigenvalue weighted by Crippen LogP contribution is -2.34. The molecule has 2 unspecified atom stereocenters. The summed E-state index contributed by atoms with van der Waals surface area (Å²) in [6, 6.07) is 0. The third-order valence-corrected chi connectivity index (χ3v) is 3.60.